The van der Waals surface area contributed by atoms with E-state index in [4.69, 9.17) is 9.47 Å². The number of likely N-dealkylation sites (N-methyl/N-ethyl adjacent to an activating group) is 1. The highest BCUT2D eigenvalue weighted by atomic mass is 16.5. The van der Waals surface area contributed by atoms with Gasteiger partial charge in [-0.3, -0.25) is 14.5 Å². The molecule has 1 saturated heterocycles. The Labute approximate surface area is 223 Å². The molecule has 4 aliphatic rings. The Balaban J connectivity index is 1.33. The van der Waals surface area contributed by atoms with Crippen LogP contribution in [0, 0.1) is 17.8 Å². The van der Waals surface area contributed by atoms with Crippen molar-refractivity contribution in [3.05, 3.63) is 71.5 Å². The molecular formula is C31H32N2O5. The van der Waals surface area contributed by atoms with Crippen molar-refractivity contribution in [2.24, 2.45) is 5.92 Å². The van der Waals surface area contributed by atoms with Gasteiger partial charge in [-0.2, -0.15) is 0 Å². The molecule has 2 aliphatic heterocycles. The lowest BCUT2D eigenvalue weighted by Crippen LogP contribution is -2.69. The van der Waals surface area contributed by atoms with Gasteiger partial charge in [0.05, 0.1) is 12.6 Å². The fraction of sp³-hybridized carbons (Fsp3) is 0.419. The smallest absolute Gasteiger partial charge is 0.307 e. The summed E-state index contributed by atoms with van der Waals surface area (Å²) in [4.78, 5) is 28.8. The third-order valence-corrected chi connectivity index (χ3v) is 8.97. The SMILES string of the molecule is C=C(CN1CC[C@]23c4c5ccc(O)c4O[C@H]2[C@H](N(C)C(=O)C#Cc2ccccc2)CC[C@H]3[C@H]1C5)OC(C)=O. The van der Waals surface area contributed by atoms with Gasteiger partial charge < -0.3 is 19.5 Å². The van der Waals surface area contributed by atoms with Crippen molar-refractivity contribution < 1.29 is 24.2 Å². The number of phenols is 1. The number of carbonyl (C=O) groups is 2. The molecule has 0 aromatic heterocycles. The number of aromatic hydroxyl groups is 1. The minimum atomic E-state index is -0.356. The second-order valence-electron chi connectivity index (χ2n) is 10.9. The maximum atomic E-state index is 13.2. The zero-order chi connectivity index (χ0) is 26.6. The first kappa shape index (κ1) is 24.6. The zero-order valence-electron chi connectivity index (χ0n) is 21.8. The Morgan fingerprint density at radius 2 is 2.03 bits per heavy atom. The van der Waals surface area contributed by atoms with Gasteiger partial charge in [-0.1, -0.05) is 36.8 Å². The van der Waals surface area contributed by atoms with Crippen LogP contribution in [-0.4, -0.2) is 65.1 Å². The molecular weight excluding hydrogens is 480 g/mol. The molecule has 2 heterocycles. The van der Waals surface area contributed by atoms with Crippen LogP contribution in [0.15, 0.2) is 54.8 Å². The quantitative estimate of drug-likeness (QED) is 0.385. The molecule has 6 rings (SSSR count). The van der Waals surface area contributed by atoms with E-state index >= 15 is 0 Å². The maximum Gasteiger partial charge on any atom is 0.307 e. The number of benzene rings is 2. The molecule has 2 aromatic carbocycles. The lowest BCUT2D eigenvalue weighted by atomic mass is 9.51. The molecule has 5 atom stereocenters. The van der Waals surface area contributed by atoms with Crippen LogP contribution >= 0.6 is 0 Å². The number of hydrogen-bond acceptors (Lipinski definition) is 6. The predicted octanol–water partition coefficient (Wildman–Crippen LogP) is 3.39. The van der Waals surface area contributed by atoms with E-state index in [0.717, 1.165) is 43.4 Å². The minimum absolute atomic E-state index is 0.159. The molecule has 38 heavy (non-hydrogen) atoms. The van der Waals surface area contributed by atoms with Crippen LogP contribution in [-0.2, 0) is 26.2 Å². The number of phenolic OH excluding ortho intramolecular Hbond substituents is 1. The number of amides is 1. The monoisotopic (exact) mass is 512 g/mol. The van der Waals surface area contributed by atoms with Crippen LogP contribution in [0.2, 0.25) is 0 Å². The van der Waals surface area contributed by atoms with Gasteiger partial charge in [0.2, 0.25) is 0 Å². The van der Waals surface area contributed by atoms with Crippen molar-refractivity contribution in [1.29, 1.82) is 0 Å². The third-order valence-electron chi connectivity index (χ3n) is 8.97. The van der Waals surface area contributed by atoms with Crippen LogP contribution in [0.25, 0.3) is 0 Å². The number of hydrogen-bond donors (Lipinski definition) is 1. The van der Waals surface area contributed by atoms with Gasteiger partial charge in [0.15, 0.2) is 11.5 Å². The molecule has 2 aromatic rings. The number of carbonyl (C=O) groups excluding carboxylic acids is 2. The average Bonchev–Trinajstić information content (AvgIpc) is 3.25. The fourth-order valence-corrected chi connectivity index (χ4v) is 7.54. The number of likely N-dealkylation sites (tertiary alicyclic amines) is 1. The van der Waals surface area contributed by atoms with Gasteiger partial charge in [-0.15, -0.1) is 0 Å². The Hall–Kier alpha value is -3.76. The molecule has 7 nitrogen and oxygen atoms in total. The Morgan fingerprint density at radius 1 is 1.24 bits per heavy atom. The van der Waals surface area contributed by atoms with Crippen LogP contribution in [0.1, 0.15) is 42.9 Å². The molecule has 2 fully saturated rings. The van der Waals surface area contributed by atoms with Crippen molar-refractivity contribution in [2.75, 3.05) is 20.1 Å². The van der Waals surface area contributed by atoms with Crippen molar-refractivity contribution in [3.63, 3.8) is 0 Å². The van der Waals surface area contributed by atoms with Crippen molar-refractivity contribution in [1.82, 2.24) is 9.80 Å². The van der Waals surface area contributed by atoms with Crippen LogP contribution in [0.5, 0.6) is 11.5 Å². The molecule has 1 saturated carbocycles. The minimum Gasteiger partial charge on any atom is -0.504 e. The normalized spacial score (nSPS) is 28.3. The van der Waals surface area contributed by atoms with E-state index in [1.807, 2.05) is 43.4 Å². The number of nitrogens with zero attached hydrogens (tertiary/aromatic N) is 2. The molecule has 196 valence electrons. The molecule has 1 N–H and O–H groups in total. The summed E-state index contributed by atoms with van der Waals surface area (Å²) in [5.41, 5.74) is 2.81. The second-order valence-corrected chi connectivity index (χ2v) is 10.9. The van der Waals surface area contributed by atoms with Crippen molar-refractivity contribution in [3.8, 4) is 23.3 Å². The van der Waals surface area contributed by atoms with Gasteiger partial charge >= 0.3 is 5.97 Å². The fourth-order valence-electron chi connectivity index (χ4n) is 7.54. The standard InChI is InChI=1S/C31H32N2O5/c1-19(37-20(2)34)18-33-16-15-31-23-11-12-24(32(3)27(36)14-9-21-7-5-4-6-8-21)30(31)38-29-26(35)13-10-22(28(29)31)17-25(23)33/h4-8,10,13,23-25,30,35H,1,11-12,15-18H2,2-3H3/t23-,24+,25+,30-,31-/m0/s1. The van der Waals surface area contributed by atoms with E-state index < -0.39 is 0 Å². The number of piperidine rings is 1. The van der Waals surface area contributed by atoms with E-state index in [2.05, 4.69) is 23.3 Å². The molecule has 1 amide bonds. The highest BCUT2D eigenvalue weighted by Gasteiger charge is 2.66. The van der Waals surface area contributed by atoms with E-state index in [1.54, 1.807) is 11.0 Å². The summed E-state index contributed by atoms with van der Waals surface area (Å²) in [6, 6.07) is 13.3. The number of ether oxygens (including phenoxy) is 2. The second kappa shape index (κ2) is 9.21. The summed E-state index contributed by atoms with van der Waals surface area (Å²) < 4.78 is 11.9. The first-order valence-corrected chi connectivity index (χ1v) is 13.3. The van der Waals surface area contributed by atoms with Crippen molar-refractivity contribution >= 4 is 11.9 Å². The highest BCUT2D eigenvalue weighted by molar-refractivity contribution is 5.94. The lowest BCUT2D eigenvalue weighted by Gasteiger charge is -2.60. The number of rotatable bonds is 4. The first-order chi connectivity index (χ1) is 18.3. The zero-order valence-corrected chi connectivity index (χ0v) is 21.8. The van der Waals surface area contributed by atoms with E-state index in [1.165, 1.54) is 12.5 Å². The molecule has 7 heteroatoms. The summed E-state index contributed by atoms with van der Waals surface area (Å²) in [5, 5.41) is 10.8. The van der Waals surface area contributed by atoms with Crippen LogP contribution in [0.3, 0.4) is 0 Å². The summed E-state index contributed by atoms with van der Waals surface area (Å²) in [6.07, 6.45) is 3.09. The van der Waals surface area contributed by atoms with E-state index in [-0.39, 0.29) is 47.1 Å². The average molecular weight is 513 g/mol. The van der Waals surface area contributed by atoms with Gasteiger partial charge in [-0.05, 0) is 61.9 Å². The summed E-state index contributed by atoms with van der Waals surface area (Å²) >= 11 is 0. The van der Waals surface area contributed by atoms with Crippen LogP contribution < -0.4 is 4.74 Å². The molecule has 0 unspecified atom stereocenters. The van der Waals surface area contributed by atoms with Gasteiger partial charge in [0.25, 0.3) is 5.91 Å². The van der Waals surface area contributed by atoms with Crippen LogP contribution in [0.4, 0.5) is 0 Å². The van der Waals surface area contributed by atoms with Crippen molar-refractivity contribution in [2.45, 2.75) is 56.2 Å². The third kappa shape index (κ3) is 3.78. The summed E-state index contributed by atoms with van der Waals surface area (Å²) in [6.45, 7) is 6.65. The topological polar surface area (TPSA) is 79.3 Å². The Bertz CT molecular complexity index is 1380. The maximum absolute atomic E-state index is 13.2. The van der Waals surface area contributed by atoms with Gasteiger partial charge in [0, 0.05) is 42.5 Å². The lowest BCUT2D eigenvalue weighted by molar-refractivity contribution is -0.139. The van der Waals surface area contributed by atoms with E-state index in [0.29, 0.717) is 18.1 Å². The summed E-state index contributed by atoms with van der Waals surface area (Å²) in [5.74, 6) is 6.70. The molecule has 1 spiro atoms. The Morgan fingerprint density at radius 3 is 2.79 bits per heavy atom. The number of esters is 1. The van der Waals surface area contributed by atoms with E-state index in [9.17, 15) is 14.7 Å². The summed E-state index contributed by atoms with van der Waals surface area (Å²) in [7, 11) is 1.81. The van der Waals surface area contributed by atoms with Gasteiger partial charge in [0.1, 0.15) is 11.9 Å². The first-order valence-electron chi connectivity index (χ1n) is 13.3. The molecule has 2 aliphatic carbocycles. The highest BCUT2D eigenvalue weighted by Crippen LogP contribution is 2.64. The Kier molecular flexibility index (Phi) is 5.96. The largest absolute Gasteiger partial charge is 0.504 e. The molecule has 0 radical (unpaired) electrons. The predicted molar refractivity (Wildman–Crippen MR) is 141 cm³/mol. The van der Waals surface area contributed by atoms with Gasteiger partial charge in [-0.25, -0.2) is 0 Å². The molecule has 2 bridgehead atoms.